The molecule has 2 aromatic heterocycles. The van der Waals surface area contributed by atoms with Crippen molar-refractivity contribution in [3.8, 4) is 11.3 Å². The van der Waals surface area contributed by atoms with E-state index in [4.69, 9.17) is 15.2 Å². The van der Waals surface area contributed by atoms with E-state index in [0.29, 0.717) is 43.5 Å². The molecular weight excluding hydrogens is 528 g/mol. The Kier molecular flexibility index (Phi) is 8.15. The average Bonchev–Trinajstić information content (AvgIpc) is 3.47. The molecule has 4 heterocycles. The van der Waals surface area contributed by atoms with E-state index < -0.39 is 16.4 Å². The predicted molar refractivity (Wildman–Crippen MR) is 154 cm³/mol. The maximum absolute atomic E-state index is 12.7. The highest BCUT2D eigenvalue weighted by molar-refractivity contribution is 5.96. The lowest BCUT2D eigenvalue weighted by atomic mass is 9.91. The summed E-state index contributed by atoms with van der Waals surface area (Å²) in [4.78, 5) is 43.4. The lowest BCUT2D eigenvalue weighted by Gasteiger charge is -2.28. The summed E-state index contributed by atoms with van der Waals surface area (Å²) in [6, 6.07) is 10.8. The van der Waals surface area contributed by atoms with Crippen molar-refractivity contribution in [2.45, 2.75) is 18.9 Å². The fourth-order valence-corrected chi connectivity index (χ4v) is 4.77. The van der Waals surface area contributed by atoms with Crippen LogP contribution in [-0.4, -0.2) is 71.5 Å². The van der Waals surface area contributed by atoms with Crippen LogP contribution in [0.3, 0.4) is 0 Å². The first-order valence-corrected chi connectivity index (χ1v) is 13.3. The monoisotopic (exact) mass is 558 g/mol. The Morgan fingerprint density at radius 1 is 1.20 bits per heavy atom. The zero-order chi connectivity index (χ0) is 28.8. The summed E-state index contributed by atoms with van der Waals surface area (Å²) in [5.41, 5.74) is 7.77. The van der Waals surface area contributed by atoms with Crippen LogP contribution >= 0.6 is 0 Å². The number of nitrogens with zero attached hydrogens (tertiary/aromatic N) is 6. The first-order chi connectivity index (χ1) is 19.9. The maximum atomic E-state index is 12.7. The third kappa shape index (κ3) is 5.99. The van der Waals surface area contributed by atoms with E-state index >= 15 is 0 Å². The lowest BCUT2D eigenvalue weighted by molar-refractivity contribution is -0.384. The molecule has 2 aliphatic rings. The third-order valence-electron chi connectivity index (χ3n) is 6.90. The zero-order valence-corrected chi connectivity index (χ0v) is 22.5. The summed E-state index contributed by atoms with van der Waals surface area (Å²) in [6.45, 7) is 5.36. The van der Waals surface area contributed by atoms with Gasteiger partial charge in [0, 0.05) is 49.4 Å². The molecular formula is C28H30N8O5. The van der Waals surface area contributed by atoms with Gasteiger partial charge >= 0.3 is 11.7 Å². The number of morpholine rings is 1. The van der Waals surface area contributed by atoms with Crippen molar-refractivity contribution in [2.75, 3.05) is 55.4 Å². The lowest BCUT2D eigenvalue weighted by Crippen LogP contribution is -2.36. The van der Waals surface area contributed by atoms with Crippen molar-refractivity contribution in [3.63, 3.8) is 0 Å². The molecule has 0 amide bonds. The van der Waals surface area contributed by atoms with E-state index in [1.54, 1.807) is 25.3 Å². The highest BCUT2D eigenvalue weighted by atomic mass is 16.6. The largest absolute Gasteiger partial charge is 0.462 e. The SMILES string of the molecule is CCOC(=O)c1cnc(NCCC2(c3ccc([N+](=O)[O-])c(N)n3)C=CC=N2)nc1-c1ccc(N2CCOCC2)cc1. The van der Waals surface area contributed by atoms with Crippen molar-refractivity contribution >= 4 is 35.3 Å². The van der Waals surface area contributed by atoms with Crippen LogP contribution in [0.2, 0.25) is 0 Å². The van der Waals surface area contributed by atoms with Gasteiger partial charge in [0.05, 0.1) is 36.1 Å². The van der Waals surface area contributed by atoms with Gasteiger partial charge in [-0.05, 0) is 43.7 Å². The van der Waals surface area contributed by atoms with Crippen LogP contribution in [0.15, 0.2) is 59.7 Å². The Balaban J connectivity index is 1.36. The molecule has 0 saturated carbocycles. The number of pyridine rings is 1. The van der Waals surface area contributed by atoms with Crippen LogP contribution in [0.1, 0.15) is 29.4 Å². The highest BCUT2D eigenvalue weighted by Crippen LogP contribution is 2.35. The second-order valence-corrected chi connectivity index (χ2v) is 9.42. The summed E-state index contributed by atoms with van der Waals surface area (Å²) in [5.74, 6) is -0.349. The molecule has 2 aliphatic heterocycles. The van der Waals surface area contributed by atoms with E-state index in [1.165, 1.54) is 12.3 Å². The maximum Gasteiger partial charge on any atom is 0.341 e. The van der Waals surface area contributed by atoms with Crippen molar-refractivity contribution in [1.82, 2.24) is 15.0 Å². The number of esters is 1. The predicted octanol–water partition coefficient (Wildman–Crippen LogP) is 3.38. The number of hydrogen-bond acceptors (Lipinski definition) is 12. The normalized spacial score (nSPS) is 17.9. The highest BCUT2D eigenvalue weighted by Gasteiger charge is 2.33. The number of carbonyl (C=O) groups is 1. The molecule has 13 heteroatoms. The number of hydrogen-bond donors (Lipinski definition) is 2. The standard InChI is InChI=1S/C28H30N8O5/c1-2-41-26(37)21-18-31-27(34-24(21)19-4-6-20(7-5-19)35-14-16-40-17-15-35)30-13-11-28(10-3-12-32-28)23-9-8-22(36(38)39)25(29)33-23/h3-10,12,18H,2,11,13-17H2,1H3,(H2,29,33)(H,30,31,34). The van der Waals surface area contributed by atoms with Crippen molar-refractivity contribution in [2.24, 2.45) is 4.99 Å². The fraction of sp³-hybridized carbons (Fsp3) is 0.321. The fourth-order valence-electron chi connectivity index (χ4n) is 4.77. The molecule has 41 heavy (non-hydrogen) atoms. The number of benzene rings is 1. The van der Waals surface area contributed by atoms with E-state index in [1.807, 2.05) is 30.3 Å². The van der Waals surface area contributed by atoms with Gasteiger partial charge in [0.25, 0.3) is 0 Å². The van der Waals surface area contributed by atoms with Crippen molar-refractivity contribution in [3.05, 3.63) is 76.1 Å². The minimum Gasteiger partial charge on any atom is -0.462 e. The number of nitro groups is 1. The number of allylic oxidation sites excluding steroid dienone is 1. The number of anilines is 3. The Morgan fingerprint density at radius 3 is 2.63 bits per heavy atom. The molecule has 1 aromatic carbocycles. The molecule has 5 rings (SSSR count). The third-order valence-corrected chi connectivity index (χ3v) is 6.90. The van der Waals surface area contributed by atoms with Crippen LogP contribution in [0.4, 0.5) is 23.1 Å². The molecule has 0 bridgehead atoms. The second kappa shape index (κ2) is 12.1. The van der Waals surface area contributed by atoms with Gasteiger partial charge in [-0.3, -0.25) is 15.1 Å². The molecule has 1 unspecified atom stereocenters. The van der Waals surface area contributed by atoms with E-state index in [9.17, 15) is 14.9 Å². The summed E-state index contributed by atoms with van der Waals surface area (Å²) in [7, 11) is 0. The smallest absolute Gasteiger partial charge is 0.341 e. The van der Waals surface area contributed by atoms with Crippen LogP contribution in [0, 0.1) is 10.1 Å². The molecule has 1 atom stereocenters. The van der Waals surface area contributed by atoms with Gasteiger partial charge < -0.3 is 25.4 Å². The van der Waals surface area contributed by atoms with Crippen molar-refractivity contribution in [1.29, 1.82) is 0 Å². The minimum absolute atomic E-state index is 0.169. The van der Waals surface area contributed by atoms with Gasteiger partial charge in [0.2, 0.25) is 11.8 Å². The Hall–Kier alpha value is -4.91. The molecule has 0 radical (unpaired) electrons. The Labute approximate surface area is 236 Å². The Morgan fingerprint density at radius 2 is 1.98 bits per heavy atom. The van der Waals surface area contributed by atoms with E-state index in [0.717, 1.165) is 24.3 Å². The molecule has 0 spiro atoms. The number of rotatable bonds is 10. The summed E-state index contributed by atoms with van der Waals surface area (Å²) in [6.07, 6.45) is 7.22. The minimum atomic E-state index is -0.848. The first kappa shape index (κ1) is 27.6. The van der Waals surface area contributed by atoms with E-state index in [2.05, 4.69) is 30.2 Å². The molecule has 0 aliphatic carbocycles. The van der Waals surface area contributed by atoms with Crippen LogP contribution < -0.4 is 16.0 Å². The summed E-state index contributed by atoms with van der Waals surface area (Å²) >= 11 is 0. The van der Waals surface area contributed by atoms with Gasteiger partial charge in [-0.25, -0.2) is 19.7 Å². The van der Waals surface area contributed by atoms with Crippen LogP contribution in [0.25, 0.3) is 11.3 Å². The number of aliphatic imine (C=N–C) groups is 1. The van der Waals surface area contributed by atoms with Crippen LogP contribution in [-0.2, 0) is 15.0 Å². The first-order valence-electron chi connectivity index (χ1n) is 13.3. The van der Waals surface area contributed by atoms with Gasteiger partial charge in [0.15, 0.2) is 0 Å². The molecule has 3 N–H and O–H groups in total. The molecule has 212 valence electrons. The number of nitrogens with two attached hydrogens (primary N) is 1. The zero-order valence-electron chi connectivity index (χ0n) is 22.5. The average molecular weight is 559 g/mol. The topological polar surface area (TPSA) is 171 Å². The Bertz CT molecular complexity index is 1470. The van der Waals surface area contributed by atoms with E-state index in [-0.39, 0.29) is 23.7 Å². The number of nitrogen functional groups attached to an aromatic ring is 1. The molecule has 1 saturated heterocycles. The number of carbonyl (C=O) groups excluding carboxylic acids is 1. The van der Waals surface area contributed by atoms with Gasteiger partial charge in [-0.1, -0.05) is 12.1 Å². The second-order valence-electron chi connectivity index (χ2n) is 9.42. The summed E-state index contributed by atoms with van der Waals surface area (Å²) < 4.78 is 10.7. The molecule has 3 aromatic rings. The van der Waals surface area contributed by atoms with Gasteiger partial charge in [-0.15, -0.1) is 0 Å². The van der Waals surface area contributed by atoms with Gasteiger partial charge in [0.1, 0.15) is 11.1 Å². The quantitative estimate of drug-likeness (QED) is 0.212. The molecule has 1 fully saturated rings. The number of aromatic nitrogens is 3. The van der Waals surface area contributed by atoms with Crippen LogP contribution in [0.5, 0.6) is 0 Å². The van der Waals surface area contributed by atoms with Gasteiger partial charge in [-0.2, -0.15) is 0 Å². The summed E-state index contributed by atoms with van der Waals surface area (Å²) in [5, 5.41) is 14.4. The van der Waals surface area contributed by atoms with Crippen molar-refractivity contribution < 1.29 is 19.2 Å². The number of ether oxygens (including phenoxy) is 2. The number of nitrogens with one attached hydrogen (secondary N) is 1. The molecule has 13 nitrogen and oxygen atoms in total.